The van der Waals surface area contributed by atoms with E-state index in [2.05, 4.69) is 15.3 Å². The summed E-state index contributed by atoms with van der Waals surface area (Å²) < 4.78 is 17.6. The van der Waals surface area contributed by atoms with Crippen LogP contribution in [-0.2, 0) is 0 Å². The molecule has 0 spiro atoms. The van der Waals surface area contributed by atoms with Crippen molar-refractivity contribution in [1.82, 2.24) is 20.0 Å². The third-order valence-corrected chi connectivity index (χ3v) is 4.44. The Labute approximate surface area is 160 Å². The van der Waals surface area contributed by atoms with Crippen LogP contribution in [0.25, 0.3) is 27.8 Å². The summed E-state index contributed by atoms with van der Waals surface area (Å²) in [5, 5.41) is 9.23. The molecule has 0 amide bonds. The van der Waals surface area contributed by atoms with Crippen LogP contribution in [-0.4, -0.2) is 41.3 Å². The van der Waals surface area contributed by atoms with E-state index in [9.17, 15) is 4.79 Å². The van der Waals surface area contributed by atoms with E-state index in [4.69, 9.17) is 14.2 Å². The van der Waals surface area contributed by atoms with E-state index in [1.165, 1.54) is 0 Å². The molecule has 4 aromatic rings. The molecular weight excluding hydrogens is 360 g/mol. The molecule has 2 aromatic carbocycles. The second-order valence-corrected chi connectivity index (χ2v) is 6.03. The van der Waals surface area contributed by atoms with E-state index in [0.29, 0.717) is 34.2 Å². The minimum absolute atomic E-state index is 0.226. The Hall–Kier alpha value is -3.81. The molecule has 1 N–H and O–H groups in total. The molecule has 0 aliphatic rings. The van der Waals surface area contributed by atoms with Crippen LogP contribution >= 0.6 is 0 Å². The highest BCUT2D eigenvalue weighted by Gasteiger charge is 2.16. The second kappa shape index (κ2) is 7.07. The maximum Gasteiger partial charge on any atom is 0.258 e. The van der Waals surface area contributed by atoms with Gasteiger partial charge in [0.15, 0.2) is 11.5 Å². The smallest absolute Gasteiger partial charge is 0.258 e. The lowest BCUT2D eigenvalue weighted by Crippen LogP contribution is -2.08. The predicted molar refractivity (Wildman–Crippen MR) is 105 cm³/mol. The first-order valence-corrected chi connectivity index (χ1v) is 8.49. The maximum absolute atomic E-state index is 12.5. The summed E-state index contributed by atoms with van der Waals surface area (Å²) in [6.45, 7) is 0. The van der Waals surface area contributed by atoms with Gasteiger partial charge in [-0.05, 0) is 17.5 Å². The van der Waals surface area contributed by atoms with Crippen molar-refractivity contribution in [1.29, 1.82) is 0 Å². The van der Waals surface area contributed by atoms with Crippen molar-refractivity contribution >= 4 is 10.9 Å². The lowest BCUT2D eigenvalue weighted by Gasteiger charge is -2.13. The Morgan fingerprint density at radius 3 is 2.36 bits per heavy atom. The number of H-pyrrole nitrogens is 1. The molecular formula is C20H18N4O4. The molecule has 28 heavy (non-hydrogen) atoms. The summed E-state index contributed by atoms with van der Waals surface area (Å²) in [5.74, 6) is 1.48. The van der Waals surface area contributed by atoms with Crippen molar-refractivity contribution in [3.63, 3.8) is 0 Å². The van der Waals surface area contributed by atoms with Gasteiger partial charge in [0.1, 0.15) is 5.69 Å². The van der Waals surface area contributed by atoms with Gasteiger partial charge < -0.3 is 19.2 Å². The number of nitrogens with zero attached hydrogens (tertiary/aromatic N) is 3. The highest BCUT2D eigenvalue weighted by atomic mass is 16.5. The number of aromatic amines is 1. The number of aromatic nitrogens is 4. The van der Waals surface area contributed by atoms with Gasteiger partial charge >= 0.3 is 0 Å². The Balaban J connectivity index is 1.80. The van der Waals surface area contributed by atoms with Crippen LogP contribution in [0.2, 0.25) is 0 Å². The Bertz CT molecular complexity index is 1190. The molecule has 0 radical (unpaired) electrons. The van der Waals surface area contributed by atoms with Crippen LogP contribution in [0.3, 0.4) is 0 Å². The first-order valence-electron chi connectivity index (χ1n) is 8.49. The zero-order valence-corrected chi connectivity index (χ0v) is 15.6. The van der Waals surface area contributed by atoms with Gasteiger partial charge in [-0.3, -0.25) is 4.79 Å². The molecule has 0 saturated carbocycles. The average Bonchev–Trinajstić information content (AvgIpc) is 3.22. The zero-order chi connectivity index (χ0) is 19.7. The summed E-state index contributed by atoms with van der Waals surface area (Å²) in [6, 6.07) is 12.9. The molecule has 0 atom stereocenters. The third kappa shape index (κ3) is 2.94. The molecule has 4 rings (SSSR count). The number of hydrogen-bond donors (Lipinski definition) is 1. The summed E-state index contributed by atoms with van der Waals surface area (Å²) in [7, 11) is 4.63. The first kappa shape index (κ1) is 17.6. The fourth-order valence-electron chi connectivity index (χ4n) is 3.05. The van der Waals surface area contributed by atoms with Gasteiger partial charge in [0.05, 0.1) is 38.8 Å². The van der Waals surface area contributed by atoms with E-state index in [-0.39, 0.29) is 5.56 Å². The molecule has 0 fully saturated rings. The van der Waals surface area contributed by atoms with E-state index in [0.717, 1.165) is 10.9 Å². The predicted octanol–water partition coefficient (Wildman–Crippen LogP) is 2.80. The lowest BCUT2D eigenvalue weighted by atomic mass is 10.1. The van der Waals surface area contributed by atoms with Gasteiger partial charge in [-0.25, -0.2) is 4.68 Å². The van der Waals surface area contributed by atoms with Gasteiger partial charge in [-0.15, -0.1) is 5.10 Å². The third-order valence-electron chi connectivity index (χ3n) is 4.44. The van der Waals surface area contributed by atoms with Crippen molar-refractivity contribution in [3.05, 3.63) is 59.0 Å². The number of ether oxygens (including phenoxy) is 3. The normalized spacial score (nSPS) is 10.8. The molecule has 2 aromatic heterocycles. The standard InChI is InChI=1S/C20H18N4O4/c1-26-17-9-13(10-18(27-2)19(17)28-3)24-11-16(22-23-24)14-8-12-6-4-5-7-15(12)21-20(14)25/h4-11H,1-3H3,(H,21,25). The van der Waals surface area contributed by atoms with Crippen molar-refractivity contribution in [2.45, 2.75) is 0 Å². The number of benzene rings is 2. The first-order chi connectivity index (χ1) is 13.6. The van der Waals surface area contributed by atoms with Crippen molar-refractivity contribution in [2.75, 3.05) is 21.3 Å². The Kier molecular flexibility index (Phi) is 4.44. The summed E-state index contributed by atoms with van der Waals surface area (Å²) in [5.41, 5.74) is 2.10. The maximum atomic E-state index is 12.5. The van der Waals surface area contributed by atoms with Crippen LogP contribution in [0.5, 0.6) is 17.2 Å². The Morgan fingerprint density at radius 2 is 1.68 bits per heavy atom. The molecule has 0 aliphatic heterocycles. The number of hydrogen-bond acceptors (Lipinski definition) is 6. The number of nitrogens with one attached hydrogen (secondary N) is 1. The number of para-hydroxylation sites is 1. The van der Waals surface area contributed by atoms with Crippen molar-refractivity contribution < 1.29 is 14.2 Å². The van der Waals surface area contributed by atoms with Crippen LogP contribution in [0, 0.1) is 0 Å². The van der Waals surface area contributed by atoms with Crippen LogP contribution in [0.4, 0.5) is 0 Å². The topological polar surface area (TPSA) is 91.3 Å². The highest BCUT2D eigenvalue weighted by molar-refractivity contribution is 5.82. The van der Waals surface area contributed by atoms with Crippen LogP contribution < -0.4 is 19.8 Å². The van der Waals surface area contributed by atoms with Gasteiger partial charge in [0.25, 0.3) is 5.56 Å². The van der Waals surface area contributed by atoms with Crippen molar-refractivity contribution in [3.8, 4) is 34.2 Å². The largest absolute Gasteiger partial charge is 0.493 e. The van der Waals surface area contributed by atoms with Gasteiger partial charge in [0.2, 0.25) is 5.75 Å². The quantitative estimate of drug-likeness (QED) is 0.574. The number of fused-ring (bicyclic) bond motifs is 1. The van der Waals surface area contributed by atoms with Crippen LogP contribution in [0.1, 0.15) is 0 Å². The minimum Gasteiger partial charge on any atom is -0.493 e. The number of pyridine rings is 1. The monoisotopic (exact) mass is 378 g/mol. The molecule has 2 heterocycles. The fourth-order valence-corrected chi connectivity index (χ4v) is 3.05. The molecule has 0 aliphatic carbocycles. The number of methoxy groups -OCH3 is 3. The molecule has 142 valence electrons. The summed E-state index contributed by atoms with van der Waals surface area (Å²) in [4.78, 5) is 15.3. The lowest BCUT2D eigenvalue weighted by molar-refractivity contribution is 0.324. The zero-order valence-electron chi connectivity index (χ0n) is 15.6. The minimum atomic E-state index is -0.226. The number of rotatable bonds is 5. The Morgan fingerprint density at radius 1 is 0.964 bits per heavy atom. The highest BCUT2D eigenvalue weighted by Crippen LogP contribution is 2.39. The second-order valence-electron chi connectivity index (χ2n) is 6.03. The summed E-state index contributed by atoms with van der Waals surface area (Å²) >= 11 is 0. The molecule has 8 nitrogen and oxygen atoms in total. The molecule has 8 heteroatoms. The molecule has 0 saturated heterocycles. The van der Waals surface area contributed by atoms with E-state index in [1.807, 2.05) is 24.3 Å². The van der Waals surface area contributed by atoms with Crippen molar-refractivity contribution in [2.24, 2.45) is 0 Å². The SMILES string of the molecule is COc1cc(-n2cc(-c3cc4ccccc4[nH]c3=O)nn2)cc(OC)c1OC. The fraction of sp³-hybridized carbons (Fsp3) is 0.150. The molecule has 0 bridgehead atoms. The van der Waals surface area contributed by atoms with Gasteiger partial charge in [0, 0.05) is 17.6 Å². The van der Waals surface area contributed by atoms with E-state index >= 15 is 0 Å². The van der Waals surface area contributed by atoms with Gasteiger partial charge in [-0.2, -0.15) is 0 Å². The molecule has 0 unspecified atom stereocenters. The van der Waals surface area contributed by atoms with E-state index in [1.54, 1.807) is 50.4 Å². The van der Waals surface area contributed by atoms with E-state index < -0.39 is 0 Å². The average molecular weight is 378 g/mol. The van der Waals surface area contributed by atoms with Crippen LogP contribution in [0.15, 0.2) is 53.5 Å². The summed E-state index contributed by atoms with van der Waals surface area (Å²) in [6.07, 6.45) is 1.68. The van der Waals surface area contributed by atoms with Gasteiger partial charge in [-0.1, -0.05) is 23.4 Å².